The molecule has 0 radical (unpaired) electrons. The summed E-state index contributed by atoms with van der Waals surface area (Å²) in [6.45, 7) is 4.94. The summed E-state index contributed by atoms with van der Waals surface area (Å²) in [5.74, 6) is 1.75. The van der Waals surface area contributed by atoms with Crippen molar-refractivity contribution in [1.29, 1.82) is 0 Å². The Balaban J connectivity index is 0.00000176. The Labute approximate surface area is 137 Å². The van der Waals surface area contributed by atoms with E-state index in [9.17, 15) is 0 Å². The third kappa shape index (κ3) is 4.08. The van der Waals surface area contributed by atoms with Gasteiger partial charge < -0.3 is 9.64 Å². The average Bonchev–Trinajstić information content (AvgIpc) is 2.56. The highest BCUT2D eigenvalue weighted by atomic mass is 35.5. The lowest BCUT2D eigenvalue weighted by atomic mass is 10.2. The Morgan fingerprint density at radius 3 is 2.45 bits per heavy atom. The van der Waals surface area contributed by atoms with Crippen molar-refractivity contribution in [2.24, 2.45) is 0 Å². The number of methoxy groups -OCH3 is 1. The van der Waals surface area contributed by atoms with E-state index in [1.54, 1.807) is 19.5 Å². The number of rotatable bonds is 4. The number of nitrogens with zero attached hydrogens (tertiary/aromatic N) is 4. The summed E-state index contributed by atoms with van der Waals surface area (Å²) in [5.41, 5.74) is 1.29. The molecule has 0 atom stereocenters. The highest BCUT2D eigenvalue weighted by Crippen LogP contribution is 2.16. The zero-order valence-corrected chi connectivity index (χ0v) is 13.5. The molecule has 5 nitrogen and oxygen atoms in total. The Morgan fingerprint density at radius 2 is 1.77 bits per heavy atom. The molecule has 3 rings (SSSR count). The Morgan fingerprint density at radius 1 is 1.05 bits per heavy atom. The number of halogens is 1. The van der Waals surface area contributed by atoms with Crippen molar-refractivity contribution in [3.63, 3.8) is 0 Å². The minimum absolute atomic E-state index is 0. The fourth-order valence-corrected chi connectivity index (χ4v) is 2.59. The molecule has 0 amide bonds. The number of piperazine rings is 1. The van der Waals surface area contributed by atoms with Gasteiger partial charge in [0.1, 0.15) is 5.75 Å². The van der Waals surface area contributed by atoms with Crippen LogP contribution >= 0.6 is 12.4 Å². The van der Waals surface area contributed by atoms with Gasteiger partial charge >= 0.3 is 0 Å². The van der Waals surface area contributed by atoms with Gasteiger partial charge in [-0.1, -0.05) is 12.1 Å². The highest BCUT2D eigenvalue weighted by molar-refractivity contribution is 5.85. The van der Waals surface area contributed by atoms with Gasteiger partial charge in [0.2, 0.25) is 5.95 Å². The number of ether oxygens (including phenoxy) is 1. The van der Waals surface area contributed by atoms with Crippen LogP contribution in [0.5, 0.6) is 5.75 Å². The first kappa shape index (κ1) is 16.5. The second-order valence-electron chi connectivity index (χ2n) is 5.16. The average molecular weight is 321 g/mol. The van der Waals surface area contributed by atoms with Gasteiger partial charge in [0.15, 0.2) is 0 Å². The molecule has 22 heavy (non-hydrogen) atoms. The Bertz CT molecular complexity index is 573. The van der Waals surface area contributed by atoms with Gasteiger partial charge in [0.25, 0.3) is 0 Å². The molecule has 118 valence electrons. The minimum atomic E-state index is 0. The van der Waals surface area contributed by atoms with Crippen molar-refractivity contribution in [3.05, 3.63) is 48.3 Å². The first-order valence-corrected chi connectivity index (χ1v) is 7.22. The van der Waals surface area contributed by atoms with Crippen LogP contribution in [0.3, 0.4) is 0 Å². The van der Waals surface area contributed by atoms with Crippen molar-refractivity contribution in [2.75, 3.05) is 38.2 Å². The third-order valence-corrected chi connectivity index (χ3v) is 3.75. The van der Waals surface area contributed by atoms with Crippen molar-refractivity contribution in [3.8, 4) is 5.75 Å². The predicted molar refractivity (Wildman–Crippen MR) is 89.8 cm³/mol. The maximum Gasteiger partial charge on any atom is 0.225 e. The largest absolute Gasteiger partial charge is 0.497 e. The van der Waals surface area contributed by atoms with Crippen LogP contribution in [0.2, 0.25) is 0 Å². The van der Waals surface area contributed by atoms with E-state index in [2.05, 4.69) is 31.9 Å². The smallest absolute Gasteiger partial charge is 0.225 e. The number of aromatic nitrogens is 2. The van der Waals surface area contributed by atoms with Crippen molar-refractivity contribution in [2.45, 2.75) is 6.54 Å². The molecule has 1 aliphatic heterocycles. The molecule has 0 N–H and O–H groups in total. The van der Waals surface area contributed by atoms with E-state index in [-0.39, 0.29) is 12.4 Å². The molecule has 0 saturated carbocycles. The second kappa shape index (κ2) is 7.96. The molecule has 1 fully saturated rings. The van der Waals surface area contributed by atoms with E-state index in [1.807, 2.05) is 18.2 Å². The number of hydrogen-bond donors (Lipinski definition) is 0. The molecule has 0 bridgehead atoms. The summed E-state index contributed by atoms with van der Waals surface area (Å²) in [4.78, 5) is 13.3. The molecule has 0 spiro atoms. The standard InChI is InChI=1S/C16H20N4O.ClH/c1-21-15-5-2-4-14(12-15)13-19-8-10-20(11-9-19)16-17-6-3-7-18-16;/h2-7,12H,8-11,13H2,1H3;1H. The van der Waals surface area contributed by atoms with E-state index in [4.69, 9.17) is 4.74 Å². The normalized spacial score (nSPS) is 15.2. The molecule has 1 aliphatic rings. The first-order chi connectivity index (χ1) is 10.3. The van der Waals surface area contributed by atoms with E-state index in [1.165, 1.54) is 5.56 Å². The molecular formula is C16H21ClN4O. The Kier molecular flexibility index (Phi) is 5.98. The summed E-state index contributed by atoms with van der Waals surface area (Å²) in [6, 6.07) is 10.1. The zero-order valence-electron chi connectivity index (χ0n) is 12.7. The summed E-state index contributed by atoms with van der Waals surface area (Å²) in [6.07, 6.45) is 3.59. The Hall–Kier alpha value is -1.85. The maximum atomic E-state index is 5.28. The van der Waals surface area contributed by atoms with Crippen molar-refractivity contribution >= 4 is 18.4 Å². The SMILES string of the molecule is COc1cccc(CN2CCN(c3ncccn3)CC2)c1.Cl. The zero-order chi connectivity index (χ0) is 14.5. The number of anilines is 1. The van der Waals surface area contributed by atoms with Crippen LogP contribution in [0.1, 0.15) is 5.56 Å². The summed E-state index contributed by atoms with van der Waals surface area (Å²) < 4.78 is 5.28. The molecule has 6 heteroatoms. The second-order valence-corrected chi connectivity index (χ2v) is 5.16. The number of benzene rings is 1. The van der Waals surface area contributed by atoms with Gasteiger partial charge in [-0.25, -0.2) is 9.97 Å². The molecule has 0 aliphatic carbocycles. The monoisotopic (exact) mass is 320 g/mol. The molecule has 2 aromatic rings. The first-order valence-electron chi connectivity index (χ1n) is 7.22. The van der Waals surface area contributed by atoms with Gasteiger partial charge in [-0.3, -0.25) is 4.90 Å². The van der Waals surface area contributed by atoms with Crippen LogP contribution in [0.4, 0.5) is 5.95 Å². The van der Waals surface area contributed by atoms with Gasteiger partial charge in [-0.05, 0) is 23.8 Å². The van der Waals surface area contributed by atoms with E-state index in [0.29, 0.717) is 0 Å². The fraction of sp³-hybridized carbons (Fsp3) is 0.375. The van der Waals surface area contributed by atoms with E-state index >= 15 is 0 Å². The molecule has 0 unspecified atom stereocenters. The third-order valence-electron chi connectivity index (χ3n) is 3.75. The van der Waals surface area contributed by atoms with Crippen LogP contribution in [-0.4, -0.2) is 48.2 Å². The lowest BCUT2D eigenvalue weighted by Gasteiger charge is -2.34. The van der Waals surface area contributed by atoms with Crippen LogP contribution in [0.25, 0.3) is 0 Å². The molecule has 1 aromatic heterocycles. The number of hydrogen-bond acceptors (Lipinski definition) is 5. The summed E-state index contributed by atoms with van der Waals surface area (Å²) in [5, 5.41) is 0. The quantitative estimate of drug-likeness (QED) is 0.864. The van der Waals surface area contributed by atoms with Crippen LogP contribution in [0, 0.1) is 0 Å². The maximum absolute atomic E-state index is 5.28. The molecule has 1 aromatic carbocycles. The van der Waals surface area contributed by atoms with Crippen molar-refractivity contribution in [1.82, 2.24) is 14.9 Å². The van der Waals surface area contributed by atoms with Gasteiger partial charge in [-0.15, -0.1) is 12.4 Å². The molecule has 2 heterocycles. The van der Waals surface area contributed by atoms with E-state index < -0.39 is 0 Å². The lowest BCUT2D eigenvalue weighted by Crippen LogP contribution is -2.46. The van der Waals surface area contributed by atoms with E-state index in [0.717, 1.165) is 44.4 Å². The topological polar surface area (TPSA) is 41.5 Å². The van der Waals surface area contributed by atoms with Gasteiger partial charge in [0, 0.05) is 45.1 Å². The molecular weight excluding hydrogens is 300 g/mol. The van der Waals surface area contributed by atoms with Crippen LogP contribution in [0.15, 0.2) is 42.7 Å². The minimum Gasteiger partial charge on any atom is -0.497 e. The molecule has 1 saturated heterocycles. The summed E-state index contributed by atoms with van der Waals surface area (Å²) in [7, 11) is 1.71. The van der Waals surface area contributed by atoms with Gasteiger partial charge in [-0.2, -0.15) is 0 Å². The fourth-order valence-electron chi connectivity index (χ4n) is 2.59. The predicted octanol–water partition coefficient (Wildman–Crippen LogP) is 2.23. The van der Waals surface area contributed by atoms with Crippen molar-refractivity contribution < 1.29 is 4.74 Å². The van der Waals surface area contributed by atoms with Crippen LogP contribution < -0.4 is 9.64 Å². The van der Waals surface area contributed by atoms with Crippen LogP contribution in [-0.2, 0) is 6.54 Å². The van der Waals surface area contributed by atoms with Gasteiger partial charge in [0.05, 0.1) is 7.11 Å². The summed E-state index contributed by atoms with van der Waals surface area (Å²) >= 11 is 0. The highest BCUT2D eigenvalue weighted by Gasteiger charge is 2.18. The lowest BCUT2D eigenvalue weighted by molar-refractivity contribution is 0.248.